The van der Waals surface area contributed by atoms with Gasteiger partial charge in [0.2, 0.25) is 11.8 Å². The zero-order valence-electron chi connectivity index (χ0n) is 10.5. The fourth-order valence-corrected chi connectivity index (χ4v) is 2.61. The average molecular weight is 267 g/mol. The number of nitrogens with one attached hydrogen (secondary N) is 1. The molecule has 1 aliphatic heterocycles. The monoisotopic (exact) mass is 267 g/mol. The van der Waals surface area contributed by atoms with Crippen LogP contribution in [0.4, 0.5) is 0 Å². The van der Waals surface area contributed by atoms with Gasteiger partial charge < -0.3 is 10.2 Å². The van der Waals surface area contributed by atoms with E-state index in [0.717, 1.165) is 11.4 Å². The molecule has 0 bridgehead atoms. The average Bonchev–Trinajstić information content (AvgIpc) is 2.85. The fraction of sp³-hybridized carbons (Fsp3) is 0.583. The van der Waals surface area contributed by atoms with Crippen LogP contribution in [0.2, 0.25) is 0 Å². The third kappa shape index (κ3) is 2.69. The van der Waals surface area contributed by atoms with Gasteiger partial charge in [-0.05, 0) is 5.92 Å². The number of carbonyl (C=O) groups is 2. The summed E-state index contributed by atoms with van der Waals surface area (Å²) in [5, 5.41) is 5.51. The van der Waals surface area contributed by atoms with Gasteiger partial charge in [0.15, 0.2) is 0 Å². The van der Waals surface area contributed by atoms with Gasteiger partial charge in [0, 0.05) is 11.6 Å². The molecule has 5 nitrogen and oxygen atoms in total. The molecule has 2 heterocycles. The SMILES string of the molecule is CCC(C)C1NC(=O)CN(Cc2nccs2)C1=O. The van der Waals surface area contributed by atoms with E-state index in [-0.39, 0.29) is 24.3 Å². The molecule has 0 saturated carbocycles. The molecular weight excluding hydrogens is 250 g/mol. The van der Waals surface area contributed by atoms with Crippen LogP contribution in [0.1, 0.15) is 25.3 Å². The van der Waals surface area contributed by atoms with Crippen LogP contribution in [-0.2, 0) is 16.1 Å². The van der Waals surface area contributed by atoms with Crippen LogP contribution in [0.25, 0.3) is 0 Å². The van der Waals surface area contributed by atoms with Crippen molar-refractivity contribution in [2.24, 2.45) is 5.92 Å². The number of hydrogen-bond acceptors (Lipinski definition) is 4. The van der Waals surface area contributed by atoms with Crippen LogP contribution < -0.4 is 5.32 Å². The Bertz CT molecular complexity index is 433. The van der Waals surface area contributed by atoms with Crippen molar-refractivity contribution in [2.45, 2.75) is 32.9 Å². The molecule has 2 unspecified atom stereocenters. The van der Waals surface area contributed by atoms with Crippen molar-refractivity contribution in [3.63, 3.8) is 0 Å². The lowest BCUT2D eigenvalue weighted by atomic mass is 9.96. The predicted octanol–water partition coefficient (Wildman–Crippen LogP) is 1.02. The molecule has 2 rings (SSSR count). The summed E-state index contributed by atoms with van der Waals surface area (Å²) in [7, 11) is 0. The van der Waals surface area contributed by atoms with Crippen molar-refractivity contribution in [2.75, 3.05) is 6.54 Å². The van der Waals surface area contributed by atoms with E-state index in [2.05, 4.69) is 10.3 Å². The number of piperazine rings is 1. The van der Waals surface area contributed by atoms with E-state index in [4.69, 9.17) is 0 Å². The highest BCUT2D eigenvalue weighted by Crippen LogP contribution is 2.17. The summed E-state index contributed by atoms with van der Waals surface area (Å²) < 4.78 is 0. The van der Waals surface area contributed by atoms with Gasteiger partial charge in [-0.2, -0.15) is 0 Å². The van der Waals surface area contributed by atoms with Crippen molar-refractivity contribution in [1.82, 2.24) is 15.2 Å². The quantitative estimate of drug-likeness (QED) is 0.886. The minimum atomic E-state index is -0.392. The molecule has 0 aliphatic carbocycles. The minimum Gasteiger partial charge on any atom is -0.342 e. The molecule has 1 saturated heterocycles. The highest BCUT2D eigenvalue weighted by molar-refractivity contribution is 7.09. The largest absolute Gasteiger partial charge is 0.342 e. The Morgan fingerprint density at radius 1 is 1.61 bits per heavy atom. The molecular formula is C12H17N3O2S. The number of nitrogens with zero attached hydrogens (tertiary/aromatic N) is 2. The van der Waals surface area contributed by atoms with Crippen molar-refractivity contribution in [1.29, 1.82) is 0 Å². The summed E-state index contributed by atoms with van der Waals surface area (Å²) in [5.41, 5.74) is 0. The molecule has 2 amide bonds. The van der Waals surface area contributed by atoms with Crippen molar-refractivity contribution < 1.29 is 9.59 Å². The molecule has 1 aliphatic rings. The zero-order valence-corrected chi connectivity index (χ0v) is 11.4. The summed E-state index contributed by atoms with van der Waals surface area (Å²) in [6, 6.07) is -0.392. The smallest absolute Gasteiger partial charge is 0.246 e. The molecule has 0 spiro atoms. The molecule has 2 atom stereocenters. The number of aromatic nitrogens is 1. The van der Waals surface area contributed by atoms with E-state index in [1.54, 1.807) is 11.1 Å². The summed E-state index contributed by atoms with van der Waals surface area (Å²) in [6.07, 6.45) is 2.57. The van der Waals surface area contributed by atoms with Gasteiger partial charge in [0.1, 0.15) is 17.6 Å². The standard InChI is InChI=1S/C12H17N3O2S/c1-3-8(2)11-12(17)15(6-9(16)14-11)7-10-13-4-5-18-10/h4-5,8,11H,3,6-7H2,1-2H3,(H,14,16). The first-order valence-corrected chi connectivity index (χ1v) is 6.96. The predicted molar refractivity (Wildman–Crippen MR) is 68.9 cm³/mol. The lowest BCUT2D eigenvalue weighted by Crippen LogP contribution is -2.59. The van der Waals surface area contributed by atoms with Gasteiger partial charge >= 0.3 is 0 Å². The molecule has 1 N–H and O–H groups in total. The Hall–Kier alpha value is -1.43. The summed E-state index contributed by atoms with van der Waals surface area (Å²) in [6.45, 7) is 4.56. The normalized spacial score (nSPS) is 21.9. The summed E-state index contributed by atoms with van der Waals surface area (Å²) >= 11 is 1.50. The Kier molecular flexibility index (Phi) is 3.96. The minimum absolute atomic E-state index is 0.000787. The van der Waals surface area contributed by atoms with Crippen molar-refractivity contribution >= 4 is 23.2 Å². The molecule has 1 aromatic rings. The van der Waals surface area contributed by atoms with Gasteiger partial charge in [-0.1, -0.05) is 20.3 Å². The maximum atomic E-state index is 12.3. The molecule has 0 radical (unpaired) electrons. The molecule has 6 heteroatoms. The van der Waals surface area contributed by atoms with Crippen LogP contribution in [-0.4, -0.2) is 34.3 Å². The van der Waals surface area contributed by atoms with E-state index in [1.165, 1.54) is 11.3 Å². The second-order valence-corrected chi connectivity index (χ2v) is 5.53. The van der Waals surface area contributed by atoms with Gasteiger partial charge in [-0.25, -0.2) is 4.98 Å². The number of carbonyl (C=O) groups excluding carboxylic acids is 2. The van der Waals surface area contributed by atoms with Crippen LogP contribution in [0.3, 0.4) is 0 Å². The van der Waals surface area contributed by atoms with Gasteiger partial charge in [0.25, 0.3) is 0 Å². The number of thiazole rings is 1. The van der Waals surface area contributed by atoms with Crippen LogP contribution in [0.15, 0.2) is 11.6 Å². The highest BCUT2D eigenvalue weighted by atomic mass is 32.1. The molecule has 0 aromatic carbocycles. The van der Waals surface area contributed by atoms with E-state index in [9.17, 15) is 9.59 Å². The van der Waals surface area contributed by atoms with Gasteiger partial charge in [0.05, 0.1) is 6.54 Å². The third-order valence-corrected chi connectivity index (χ3v) is 4.02. The van der Waals surface area contributed by atoms with Gasteiger partial charge in [-0.3, -0.25) is 9.59 Å². The molecule has 1 aromatic heterocycles. The topological polar surface area (TPSA) is 62.3 Å². The molecule has 98 valence electrons. The maximum Gasteiger partial charge on any atom is 0.246 e. The second kappa shape index (κ2) is 5.48. The number of rotatable bonds is 4. The summed E-state index contributed by atoms with van der Waals surface area (Å²) in [5.74, 6) is 0.0659. The first kappa shape index (κ1) is 13.0. The third-order valence-electron chi connectivity index (χ3n) is 3.25. The van der Waals surface area contributed by atoms with E-state index >= 15 is 0 Å². The summed E-state index contributed by atoms with van der Waals surface area (Å²) in [4.78, 5) is 29.7. The van der Waals surface area contributed by atoms with Crippen molar-refractivity contribution in [3.8, 4) is 0 Å². The zero-order chi connectivity index (χ0) is 13.1. The van der Waals surface area contributed by atoms with Crippen LogP contribution in [0, 0.1) is 5.92 Å². The first-order chi connectivity index (χ1) is 8.61. The second-order valence-electron chi connectivity index (χ2n) is 4.55. The first-order valence-electron chi connectivity index (χ1n) is 6.08. The lowest BCUT2D eigenvalue weighted by Gasteiger charge is -2.34. The Morgan fingerprint density at radius 2 is 2.39 bits per heavy atom. The Labute approximate surface area is 110 Å². The van der Waals surface area contributed by atoms with Crippen LogP contribution >= 0.6 is 11.3 Å². The van der Waals surface area contributed by atoms with E-state index < -0.39 is 6.04 Å². The van der Waals surface area contributed by atoms with Crippen LogP contribution in [0.5, 0.6) is 0 Å². The van der Waals surface area contributed by atoms with Crippen molar-refractivity contribution in [3.05, 3.63) is 16.6 Å². The molecule has 1 fully saturated rings. The Morgan fingerprint density at radius 3 is 3.00 bits per heavy atom. The lowest BCUT2D eigenvalue weighted by molar-refractivity contribution is -0.146. The van der Waals surface area contributed by atoms with E-state index in [1.807, 2.05) is 19.2 Å². The van der Waals surface area contributed by atoms with Gasteiger partial charge in [-0.15, -0.1) is 11.3 Å². The highest BCUT2D eigenvalue weighted by Gasteiger charge is 2.35. The number of hydrogen-bond donors (Lipinski definition) is 1. The molecule has 18 heavy (non-hydrogen) atoms. The maximum absolute atomic E-state index is 12.3. The number of amides is 2. The van der Waals surface area contributed by atoms with E-state index in [0.29, 0.717) is 6.54 Å². The Balaban J connectivity index is 2.10. The fourth-order valence-electron chi connectivity index (χ4n) is 1.98.